The first kappa shape index (κ1) is 20.1. The highest BCUT2D eigenvalue weighted by atomic mass is 19.1. The third-order valence-electron chi connectivity index (χ3n) is 3.72. The summed E-state index contributed by atoms with van der Waals surface area (Å²) in [5.41, 5.74) is 5.77. The molecule has 0 bridgehead atoms. The average molecular weight is 337 g/mol. The topological polar surface area (TPSA) is 84.2 Å². The molecule has 0 aliphatic rings. The van der Waals surface area contributed by atoms with E-state index in [4.69, 9.17) is 5.73 Å². The van der Waals surface area contributed by atoms with Crippen LogP contribution in [0.3, 0.4) is 0 Å². The monoisotopic (exact) mass is 337 g/mol. The molecule has 1 atom stereocenters. The molecule has 0 aliphatic carbocycles. The van der Waals surface area contributed by atoms with Crippen molar-refractivity contribution in [3.8, 4) is 0 Å². The summed E-state index contributed by atoms with van der Waals surface area (Å²) in [7, 11) is 0. The number of amides is 2. The molecular formula is C18H28FN3O2. The first-order valence-electron chi connectivity index (χ1n) is 8.30. The van der Waals surface area contributed by atoms with Gasteiger partial charge in [-0.15, -0.1) is 0 Å². The minimum Gasteiger partial charge on any atom is -0.352 e. The highest BCUT2D eigenvalue weighted by molar-refractivity contribution is 5.94. The molecule has 1 rings (SSSR count). The van der Waals surface area contributed by atoms with E-state index in [1.165, 1.54) is 24.3 Å². The van der Waals surface area contributed by atoms with Crippen molar-refractivity contribution in [2.24, 2.45) is 11.7 Å². The Kier molecular flexibility index (Phi) is 7.85. The lowest BCUT2D eigenvalue weighted by atomic mass is 9.90. The van der Waals surface area contributed by atoms with Crippen LogP contribution in [0, 0.1) is 11.7 Å². The Hall–Kier alpha value is -1.95. The smallest absolute Gasteiger partial charge is 0.251 e. The molecule has 0 heterocycles. The molecule has 0 fully saturated rings. The van der Waals surface area contributed by atoms with E-state index < -0.39 is 5.54 Å². The molecule has 5 nitrogen and oxygen atoms in total. The fourth-order valence-electron chi connectivity index (χ4n) is 2.64. The summed E-state index contributed by atoms with van der Waals surface area (Å²) in [4.78, 5) is 23.9. The Morgan fingerprint density at radius 1 is 1.25 bits per heavy atom. The van der Waals surface area contributed by atoms with Crippen molar-refractivity contribution in [2.75, 3.05) is 13.1 Å². The van der Waals surface area contributed by atoms with E-state index in [9.17, 15) is 14.0 Å². The van der Waals surface area contributed by atoms with Crippen LogP contribution in [-0.4, -0.2) is 30.4 Å². The van der Waals surface area contributed by atoms with E-state index in [1.54, 1.807) is 0 Å². The Balaban J connectivity index is 2.32. The molecule has 24 heavy (non-hydrogen) atoms. The molecule has 2 amide bonds. The Bertz CT molecular complexity index is 546. The molecule has 6 heteroatoms. The van der Waals surface area contributed by atoms with Crippen molar-refractivity contribution in [3.05, 3.63) is 35.6 Å². The number of carbonyl (C=O) groups is 2. The van der Waals surface area contributed by atoms with Gasteiger partial charge >= 0.3 is 0 Å². The van der Waals surface area contributed by atoms with Gasteiger partial charge in [-0.3, -0.25) is 9.59 Å². The minimum atomic E-state index is -0.400. The second kappa shape index (κ2) is 9.37. The van der Waals surface area contributed by atoms with E-state index >= 15 is 0 Å². The quantitative estimate of drug-likeness (QED) is 0.604. The minimum absolute atomic E-state index is 0.0698. The number of benzene rings is 1. The first-order chi connectivity index (χ1) is 11.3. The van der Waals surface area contributed by atoms with Gasteiger partial charge in [0.05, 0.1) is 0 Å². The lowest BCUT2D eigenvalue weighted by molar-refractivity contribution is -0.123. The van der Waals surface area contributed by atoms with Gasteiger partial charge in [-0.1, -0.05) is 13.8 Å². The second-order valence-electron chi connectivity index (χ2n) is 6.78. The summed E-state index contributed by atoms with van der Waals surface area (Å²) in [5.74, 6) is -0.289. The predicted octanol–water partition coefficient (Wildman–Crippen LogP) is 2.22. The van der Waals surface area contributed by atoms with Crippen LogP contribution in [0.2, 0.25) is 0 Å². The Labute approximate surface area is 143 Å². The molecule has 134 valence electrons. The predicted molar refractivity (Wildman–Crippen MR) is 93.0 cm³/mol. The number of carbonyl (C=O) groups excluding carboxylic acids is 2. The lowest BCUT2D eigenvalue weighted by Crippen LogP contribution is -2.52. The van der Waals surface area contributed by atoms with Crippen molar-refractivity contribution in [1.29, 1.82) is 0 Å². The molecule has 1 aromatic rings. The van der Waals surface area contributed by atoms with E-state index in [1.807, 2.05) is 6.92 Å². The van der Waals surface area contributed by atoms with Crippen LogP contribution >= 0.6 is 0 Å². The Morgan fingerprint density at radius 3 is 2.42 bits per heavy atom. The first-order valence-corrected chi connectivity index (χ1v) is 8.30. The molecule has 4 N–H and O–H groups in total. The summed E-state index contributed by atoms with van der Waals surface area (Å²) in [5, 5.41) is 5.70. The molecular weight excluding hydrogens is 309 g/mol. The maximum atomic E-state index is 12.8. The highest BCUT2D eigenvalue weighted by Gasteiger charge is 2.25. The standard InChI is InChI=1S/C18H28FN3O2/c1-13(2)11-18(3,12-20)22-16(23)5-4-10-21-17(24)14-6-8-15(19)9-7-14/h6-9,13H,4-5,10-12,20H2,1-3H3,(H,21,24)(H,22,23). The van der Waals surface area contributed by atoms with E-state index in [0.29, 0.717) is 37.4 Å². The largest absolute Gasteiger partial charge is 0.352 e. The summed E-state index contributed by atoms with van der Waals surface area (Å²) < 4.78 is 12.8. The summed E-state index contributed by atoms with van der Waals surface area (Å²) >= 11 is 0. The fraction of sp³-hybridized carbons (Fsp3) is 0.556. The second-order valence-corrected chi connectivity index (χ2v) is 6.78. The normalized spacial score (nSPS) is 13.4. The van der Waals surface area contributed by atoms with Gasteiger partial charge in [0.1, 0.15) is 5.82 Å². The summed E-state index contributed by atoms with van der Waals surface area (Å²) in [6.45, 7) is 6.89. The SMILES string of the molecule is CC(C)CC(C)(CN)NC(=O)CCCNC(=O)c1ccc(F)cc1. The van der Waals surface area contributed by atoms with Crippen LogP contribution in [0.5, 0.6) is 0 Å². The third-order valence-corrected chi connectivity index (χ3v) is 3.72. The van der Waals surface area contributed by atoms with Gasteiger partial charge in [0, 0.05) is 30.6 Å². The van der Waals surface area contributed by atoms with Gasteiger partial charge in [0.25, 0.3) is 5.91 Å². The van der Waals surface area contributed by atoms with Gasteiger partial charge in [-0.05, 0) is 49.9 Å². The Morgan fingerprint density at radius 2 is 1.88 bits per heavy atom. The van der Waals surface area contributed by atoms with Crippen molar-refractivity contribution in [2.45, 2.75) is 45.6 Å². The third kappa shape index (κ3) is 7.08. The van der Waals surface area contributed by atoms with E-state index in [2.05, 4.69) is 24.5 Å². The molecule has 1 aromatic carbocycles. The fourth-order valence-corrected chi connectivity index (χ4v) is 2.64. The molecule has 0 saturated heterocycles. The van der Waals surface area contributed by atoms with Crippen LogP contribution in [0.4, 0.5) is 4.39 Å². The van der Waals surface area contributed by atoms with Crippen molar-refractivity contribution >= 4 is 11.8 Å². The lowest BCUT2D eigenvalue weighted by Gasteiger charge is -2.31. The zero-order valence-corrected chi connectivity index (χ0v) is 14.7. The van der Waals surface area contributed by atoms with Crippen LogP contribution in [-0.2, 0) is 4.79 Å². The van der Waals surface area contributed by atoms with Crippen LogP contribution in [0.1, 0.15) is 50.4 Å². The maximum absolute atomic E-state index is 12.8. The summed E-state index contributed by atoms with van der Waals surface area (Å²) in [6.07, 6.45) is 1.66. The van der Waals surface area contributed by atoms with Gasteiger partial charge in [0.2, 0.25) is 5.91 Å². The van der Waals surface area contributed by atoms with E-state index in [-0.39, 0.29) is 17.6 Å². The van der Waals surface area contributed by atoms with Gasteiger partial charge in [-0.25, -0.2) is 4.39 Å². The number of halogens is 1. The van der Waals surface area contributed by atoms with Crippen LogP contribution in [0.15, 0.2) is 24.3 Å². The molecule has 0 radical (unpaired) electrons. The zero-order valence-electron chi connectivity index (χ0n) is 14.7. The van der Waals surface area contributed by atoms with Crippen LogP contribution < -0.4 is 16.4 Å². The maximum Gasteiger partial charge on any atom is 0.251 e. The molecule has 0 aromatic heterocycles. The average Bonchev–Trinajstić information content (AvgIpc) is 2.51. The number of nitrogens with one attached hydrogen (secondary N) is 2. The number of rotatable bonds is 9. The number of hydrogen-bond donors (Lipinski definition) is 3. The van der Waals surface area contributed by atoms with Gasteiger partial charge in [-0.2, -0.15) is 0 Å². The van der Waals surface area contributed by atoms with Crippen LogP contribution in [0.25, 0.3) is 0 Å². The molecule has 1 unspecified atom stereocenters. The molecule has 0 saturated carbocycles. The number of hydrogen-bond acceptors (Lipinski definition) is 3. The van der Waals surface area contributed by atoms with E-state index in [0.717, 1.165) is 6.42 Å². The zero-order chi connectivity index (χ0) is 18.2. The van der Waals surface area contributed by atoms with Crippen molar-refractivity contribution < 1.29 is 14.0 Å². The van der Waals surface area contributed by atoms with Crippen molar-refractivity contribution in [3.63, 3.8) is 0 Å². The molecule has 0 aliphatic heterocycles. The highest BCUT2D eigenvalue weighted by Crippen LogP contribution is 2.15. The number of nitrogens with two attached hydrogens (primary N) is 1. The van der Waals surface area contributed by atoms with Gasteiger partial charge < -0.3 is 16.4 Å². The van der Waals surface area contributed by atoms with Crippen molar-refractivity contribution in [1.82, 2.24) is 10.6 Å². The molecule has 0 spiro atoms. The van der Waals surface area contributed by atoms with Gasteiger partial charge in [0.15, 0.2) is 0 Å². The summed E-state index contributed by atoms with van der Waals surface area (Å²) in [6, 6.07) is 5.33.